The molecule has 1 aromatic carbocycles. The van der Waals surface area contributed by atoms with Crippen LogP contribution in [0.4, 0.5) is 0 Å². The molecule has 7 nitrogen and oxygen atoms in total. The average molecular weight is 426 g/mol. The molecule has 2 aromatic heterocycles. The van der Waals surface area contributed by atoms with Gasteiger partial charge in [0.15, 0.2) is 5.43 Å². The third-order valence-corrected chi connectivity index (χ3v) is 5.75. The van der Waals surface area contributed by atoms with Crippen LogP contribution in [0.1, 0.15) is 70.4 Å². The van der Waals surface area contributed by atoms with E-state index in [0.717, 1.165) is 23.0 Å². The lowest BCUT2D eigenvalue weighted by atomic mass is 9.79. The molecule has 3 heterocycles. The van der Waals surface area contributed by atoms with Gasteiger partial charge in [0.1, 0.15) is 16.8 Å². The molecule has 0 bridgehead atoms. The Hall–Kier alpha value is -3.09. The van der Waals surface area contributed by atoms with Gasteiger partial charge in [0.05, 0.1) is 30.6 Å². The molecule has 0 amide bonds. The number of ether oxygens (including phenoxy) is 1. The van der Waals surface area contributed by atoms with E-state index in [4.69, 9.17) is 9.84 Å². The van der Waals surface area contributed by atoms with E-state index in [-0.39, 0.29) is 23.1 Å². The molecule has 2 atom stereocenters. The Bertz CT molecular complexity index is 1180. The van der Waals surface area contributed by atoms with Gasteiger partial charge in [-0.15, -0.1) is 0 Å². The van der Waals surface area contributed by atoms with Crippen molar-refractivity contribution in [3.8, 4) is 17.1 Å². The van der Waals surface area contributed by atoms with Crippen LogP contribution in [0, 0.1) is 5.41 Å². The lowest BCUT2D eigenvalue weighted by Crippen LogP contribution is -2.38. The summed E-state index contributed by atoms with van der Waals surface area (Å²) in [6, 6.07) is 7.08. The first-order valence-corrected chi connectivity index (χ1v) is 10.7. The predicted molar refractivity (Wildman–Crippen MR) is 122 cm³/mol. The first kappa shape index (κ1) is 22.6. The quantitative estimate of drug-likeness (QED) is 0.627. The van der Waals surface area contributed by atoms with Gasteiger partial charge in [0, 0.05) is 17.6 Å². The minimum Gasteiger partial charge on any atom is -0.494 e. The van der Waals surface area contributed by atoms with Crippen LogP contribution in [0.3, 0.4) is 0 Å². The Balaban J connectivity index is 0.00000132. The van der Waals surface area contributed by atoms with Crippen molar-refractivity contribution in [1.29, 1.82) is 0 Å². The van der Waals surface area contributed by atoms with Gasteiger partial charge in [-0.05, 0) is 17.9 Å². The molecule has 1 N–H and O–H groups in total. The van der Waals surface area contributed by atoms with Crippen LogP contribution >= 0.6 is 0 Å². The maximum Gasteiger partial charge on any atom is 0.341 e. The summed E-state index contributed by atoms with van der Waals surface area (Å²) >= 11 is 0. The van der Waals surface area contributed by atoms with Crippen molar-refractivity contribution in [3.63, 3.8) is 0 Å². The van der Waals surface area contributed by atoms with Crippen LogP contribution in [0.5, 0.6) is 5.75 Å². The maximum absolute atomic E-state index is 12.6. The van der Waals surface area contributed by atoms with Gasteiger partial charge in [-0.1, -0.05) is 53.7 Å². The lowest BCUT2D eigenvalue weighted by Gasteiger charge is -2.43. The highest BCUT2D eigenvalue weighted by Gasteiger charge is 2.41. The zero-order valence-corrected chi connectivity index (χ0v) is 19.3. The Kier molecular flexibility index (Phi) is 5.98. The van der Waals surface area contributed by atoms with Gasteiger partial charge < -0.3 is 14.4 Å². The third kappa shape index (κ3) is 3.52. The number of carbonyl (C=O) groups is 1. The van der Waals surface area contributed by atoms with Crippen LogP contribution in [-0.2, 0) is 0 Å². The van der Waals surface area contributed by atoms with Crippen molar-refractivity contribution >= 4 is 16.9 Å². The first-order valence-electron chi connectivity index (χ1n) is 10.7. The summed E-state index contributed by atoms with van der Waals surface area (Å²) in [5.74, 6) is -0.542. The van der Waals surface area contributed by atoms with Gasteiger partial charge in [-0.3, -0.25) is 9.48 Å². The first-order chi connectivity index (χ1) is 14.7. The number of carboxylic acids is 1. The molecule has 0 aliphatic carbocycles. The molecule has 0 radical (unpaired) electrons. The van der Waals surface area contributed by atoms with E-state index in [9.17, 15) is 14.7 Å². The van der Waals surface area contributed by atoms with Gasteiger partial charge >= 0.3 is 5.97 Å². The number of fused-ring (bicyclic) bond motifs is 5. The van der Waals surface area contributed by atoms with Crippen molar-refractivity contribution in [1.82, 2.24) is 14.3 Å². The van der Waals surface area contributed by atoms with Crippen LogP contribution in [0.2, 0.25) is 0 Å². The summed E-state index contributed by atoms with van der Waals surface area (Å²) in [6.07, 6.45) is 2.31. The van der Waals surface area contributed by atoms with E-state index in [1.807, 2.05) is 41.3 Å². The molecule has 7 heteroatoms. The number of methoxy groups -OCH3 is 1. The molecule has 0 fully saturated rings. The standard InChI is InChI=1S/C22H25N3O4.C2H6/c1-6-14-20(22(2,3)4)24-11-13(21(27)28)16(26)10-15(24)19-12-8-7-9-17(29-5)18(12)23-25(14)19;1-2/h7-11,14,20H,6H2,1-5H3,(H,27,28);1-2H3. The van der Waals surface area contributed by atoms with Crippen molar-refractivity contribution in [2.24, 2.45) is 5.41 Å². The van der Waals surface area contributed by atoms with Gasteiger partial charge in [0.25, 0.3) is 0 Å². The topological polar surface area (TPSA) is 86.3 Å². The molecule has 3 aromatic rings. The molecule has 4 rings (SSSR count). The SMILES string of the molecule is CC.CCC1C(C(C)(C)C)n2cc(C(=O)O)c(=O)cc2-c2c3cccc(OC)c3nn21. The second-order valence-corrected chi connectivity index (χ2v) is 8.59. The Morgan fingerprint density at radius 2 is 1.94 bits per heavy atom. The number of hydrogen-bond acceptors (Lipinski definition) is 4. The smallest absolute Gasteiger partial charge is 0.341 e. The molecular weight excluding hydrogens is 394 g/mol. The molecule has 0 spiro atoms. The fourth-order valence-corrected chi connectivity index (χ4v) is 4.60. The third-order valence-electron chi connectivity index (χ3n) is 5.75. The fourth-order valence-electron chi connectivity index (χ4n) is 4.60. The van der Waals surface area contributed by atoms with E-state index < -0.39 is 11.4 Å². The van der Waals surface area contributed by atoms with Crippen molar-refractivity contribution in [2.75, 3.05) is 7.11 Å². The minimum absolute atomic E-state index is 0.00115. The summed E-state index contributed by atoms with van der Waals surface area (Å²) in [6.45, 7) is 12.5. The molecule has 0 saturated carbocycles. The fraction of sp³-hybridized carbons (Fsp3) is 0.458. The number of aromatic carboxylic acids is 1. The molecule has 31 heavy (non-hydrogen) atoms. The highest BCUT2D eigenvalue weighted by atomic mass is 16.5. The molecular formula is C24H31N3O4. The monoisotopic (exact) mass is 425 g/mol. The Labute approximate surface area is 182 Å². The largest absolute Gasteiger partial charge is 0.494 e. The minimum atomic E-state index is -1.21. The number of rotatable bonds is 3. The van der Waals surface area contributed by atoms with E-state index >= 15 is 0 Å². The number of carboxylic acid groups (broad SMARTS) is 1. The summed E-state index contributed by atoms with van der Waals surface area (Å²) in [4.78, 5) is 24.2. The highest BCUT2D eigenvalue weighted by Crippen LogP contribution is 2.49. The molecule has 0 saturated heterocycles. The number of benzene rings is 1. The van der Waals surface area contributed by atoms with Crippen molar-refractivity contribution < 1.29 is 14.6 Å². The van der Waals surface area contributed by atoms with Crippen LogP contribution in [0.15, 0.2) is 35.3 Å². The summed E-state index contributed by atoms with van der Waals surface area (Å²) in [7, 11) is 1.61. The van der Waals surface area contributed by atoms with Crippen LogP contribution in [0.25, 0.3) is 22.3 Å². The normalized spacial score (nSPS) is 17.4. The predicted octanol–water partition coefficient (Wildman–Crippen LogP) is 5.15. The van der Waals surface area contributed by atoms with E-state index in [2.05, 4.69) is 27.7 Å². The van der Waals surface area contributed by atoms with Gasteiger partial charge in [-0.2, -0.15) is 5.10 Å². The molecule has 1 aliphatic rings. The van der Waals surface area contributed by atoms with Crippen LogP contribution in [-0.4, -0.2) is 32.5 Å². The van der Waals surface area contributed by atoms with Gasteiger partial charge in [-0.25, -0.2) is 4.79 Å². The van der Waals surface area contributed by atoms with Crippen LogP contribution < -0.4 is 10.2 Å². The average Bonchev–Trinajstić information content (AvgIpc) is 3.12. The van der Waals surface area contributed by atoms with Gasteiger partial charge in [0.2, 0.25) is 0 Å². The number of hydrogen-bond donors (Lipinski definition) is 1. The summed E-state index contributed by atoms with van der Waals surface area (Å²) in [5, 5.41) is 15.3. The van der Waals surface area contributed by atoms with Crippen molar-refractivity contribution in [3.05, 3.63) is 46.2 Å². The Morgan fingerprint density at radius 3 is 2.48 bits per heavy atom. The molecule has 166 valence electrons. The Morgan fingerprint density at radius 1 is 1.26 bits per heavy atom. The molecule has 2 unspecified atom stereocenters. The lowest BCUT2D eigenvalue weighted by molar-refractivity contribution is 0.0692. The van der Waals surface area contributed by atoms with E-state index in [1.165, 1.54) is 12.3 Å². The second kappa shape index (κ2) is 8.21. The maximum atomic E-state index is 12.6. The zero-order valence-electron chi connectivity index (χ0n) is 19.3. The molecule has 1 aliphatic heterocycles. The van der Waals surface area contributed by atoms with E-state index in [0.29, 0.717) is 11.4 Å². The summed E-state index contributed by atoms with van der Waals surface area (Å²) < 4.78 is 9.47. The number of nitrogens with zero attached hydrogens (tertiary/aromatic N) is 3. The zero-order chi connectivity index (χ0) is 23.1. The number of aromatic nitrogens is 3. The highest BCUT2D eigenvalue weighted by molar-refractivity contribution is 5.97. The second-order valence-electron chi connectivity index (χ2n) is 8.59. The van der Waals surface area contributed by atoms with E-state index in [1.54, 1.807) is 7.11 Å². The summed E-state index contributed by atoms with van der Waals surface area (Å²) in [5.41, 5.74) is 1.32. The number of pyridine rings is 1. The van der Waals surface area contributed by atoms with Crippen molar-refractivity contribution in [2.45, 2.75) is 60.0 Å².